The molecule has 1 saturated heterocycles. The van der Waals surface area contributed by atoms with E-state index in [1.54, 1.807) is 35.2 Å². The maximum Gasteiger partial charge on any atom is 0.276 e. The molecule has 2 fully saturated rings. The minimum atomic E-state index is -0.330. The first-order valence-corrected chi connectivity index (χ1v) is 11.9. The van der Waals surface area contributed by atoms with Crippen LogP contribution in [0.25, 0.3) is 6.08 Å². The number of nitrogens with zero attached hydrogens (tertiary/aromatic N) is 1. The first kappa shape index (κ1) is 23.5. The van der Waals surface area contributed by atoms with Crippen LogP contribution in [-0.2, 0) is 11.4 Å². The largest absolute Gasteiger partial charge is 0.490 e. The summed E-state index contributed by atoms with van der Waals surface area (Å²) in [5, 5.41) is 3.84. The minimum Gasteiger partial charge on any atom is -0.490 e. The molecule has 174 valence electrons. The van der Waals surface area contributed by atoms with Crippen LogP contribution in [0.1, 0.15) is 50.2 Å². The number of nitrogens with one attached hydrogen (secondary N) is 1. The zero-order chi connectivity index (χ0) is 23.4. The van der Waals surface area contributed by atoms with E-state index in [1.165, 1.54) is 18.6 Å². The Morgan fingerprint density at radius 1 is 1.21 bits per heavy atom. The Bertz CT molecular complexity index is 1090. The van der Waals surface area contributed by atoms with Gasteiger partial charge in [0.25, 0.3) is 5.91 Å². The highest BCUT2D eigenvalue weighted by atomic mass is 35.5. The Balaban J connectivity index is 1.56. The van der Waals surface area contributed by atoms with E-state index in [2.05, 4.69) is 5.32 Å². The molecule has 1 heterocycles. The molecule has 0 aromatic heterocycles. The van der Waals surface area contributed by atoms with E-state index >= 15 is 0 Å². The Morgan fingerprint density at radius 3 is 2.73 bits per heavy atom. The number of ether oxygens (including phenoxy) is 2. The average Bonchev–Trinajstić information content (AvgIpc) is 3.06. The van der Waals surface area contributed by atoms with E-state index in [-0.39, 0.29) is 24.4 Å². The van der Waals surface area contributed by atoms with E-state index in [4.69, 9.17) is 33.3 Å². The summed E-state index contributed by atoms with van der Waals surface area (Å²) in [5.41, 5.74) is 1.78. The Hall–Kier alpha value is -2.64. The molecule has 0 atom stereocenters. The summed E-state index contributed by atoms with van der Waals surface area (Å²) in [7, 11) is 0. The van der Waals surface area contributed by atoms with Crippen LogP contribution in [-0.4, -0.2) is 28.6 Å². The lowest BCUT2D eigenvalue weighted by Gasteiger charge is -2.29. The predicted octanol–water partition coefficient (Wildman–Crippen LogP) is 5.85. The Morgan fingerprint density at radius 2 is 2.00 bits per heavy atom. The molecule has 2 aliphatic rings. The summed E-state index contributed by atoms with van der Waals surface area (Å²) in [6.45, 7) is 2.41. The summed E-state index contributed by atoms with van der Waals surface area (Å²) in [6, 6.07) is 9.81. The maximum atomic E-state index is 13.5. The summed E-state index contributed by atoms with van der Waals surface area (Å²) in [4.78, 5) is 14.8. The molecule has 4 rings (SSSR count). The maximum absolute atomic E-state index is 13.5. The normalized spacial score (nSPS) is 18.0. The van der Waals surface area contributed by atoms with Crippen LogP contribution >= 0.6 is 23.8 Å². The summed E-state index contributed by atoms with van der Waals surface area (Å²) >= 11 is 12.0. The molecule has 0 spiro atoms. The van der Waals surface area contributed by atoms with Crippen molar-refractivity contribution in [2.75, 3.05) is 6.61 Å². The van der Waals surface area contributed by atoms with E-state index in [1.807, 2.05) is 6.92 Å². The van der Waals surface area contributed by atoms with Gasteiger partial charge in [0.15, 0.2) is 16.6 Å². The van der Waals surface area contributed by atoms with Crippen LogP contribution in [0.5, 0.6) is 11.5 Å². The zero-order valence-corrected chi connectivity index (χ0v) is 20.0. The first-order valence-electron chi connectivity index (χ1n) is 11.2. The second kappa shape index (κ2) is 10.5. The fourth-order valence-electron chi connectivity index (χ4n) is 4.24. The summed E-state index contributed by atoms with van der Waals surface area (Å²) < 4.78 is 25.1. The van der Waals surface area contributed by atoms with Gasteiger partial charge in [-0.05, 0) is 73.5 Å². The van der Waals surface area contributed by atoms with Gasteiger partial charge in [-0.15, -0.1) is 0 Å². The number of carbonyl (C=O) groups is 1. The van der Waals surface area contributed by atoms with Crippen molar-refractivity contribution in [3.63, 3.8) is 0 Å². The van der Waals surface area contributed by atoms with Crippen LogP contribution in [0, 0.1) is 5.82 Å². The highest BCUT2D eigenvalue weighted by molar-refractivity contribution is 7.80. The quantitative estimate of drug-likeness (QED) is 0.391. The van der Waals surface area contributed by atoms with Gasteiger partial charge in [-0.25, -0.2) is 4.39 Å². The lowest BCUT2D eigenvalue weighted by atomic mass is 9.94. The molecule has 1 saturated carbocycles. The second-order valence-corrected chi connectivity index (χ2v) is 8.93. The van der Waals surface area contributed by atoms with E-state index in [0.717, 1.165) is 25.7 Å². The van der Waals surface area contributed by atoms with Gasteiger partial charge in [-0.3, -0.25) is 9.69 Å². The van der Waals surface area contributed by atoms with Gasteiger partial charge >= 0.3 is 0 Å². The molecule has 1 aliphatic carbocycles. The molecular formula is C25H26ClFN2O3S. The monoisotopic (exact) mass is 488 g/mol. The van der Waals surface area contributed by atoms with Crippen molar-refractivity contribution in [1.82, 2.24) is 10.2 Å². The number of halogens is 2. The second-order valence-electron chi connectivity index (χ2n) is 8.14. The Labute approximate surface area is 203 Å². The lowest BCUT2D eigenvalue weighted by Crippen LogP contribution is -2.41. The minimum absolute atomic E-state index is 0.118. The van der Waals surface area contributed by atoms with Crippen LogP contribution in [0.15, 0.2) is 42.1 Å². The average molecular weight is 489 g/mol. The summed E-state index contributed by atoms with van der Waals surface area (Å²) in [6.07, 6.45) is 7.09. The molecule has 1 N–H and O–H groups in total. The molecule has 2 aromatic rings. The predicted molar refractivity (Wildman–Crippen MR) is 131 cm³/mol. The highest BCUT2D eigenvalue weighted by Crippen LogP contribution is 2.38. The zero-order valence-electron chi connectivity index (χ0n) is 18.4. The molecule has 1 aliphatic heterocycles. The molecule has 33 heavy (non-hydrogen) atoms. The number of benzene rings is 2. The van der Waals surface area contributed by atoms with Gasteiger partial charge in [-0.2, -0.15) is 0 Å². The number of hydrogen-bond acceptors (Lipinski definition) is 4. The first-order chi connectivity index (χ1) is 16.0. The van der Waals surface area contributed by atoms with Crippen molar-refractivity contribution in [1.29, 1.82) is 0 Å². The molecule has 8 heteroatoms. The number of amides is 1. The molecule has 1 amide bonds. The topological polar surface area (TPSA) is 50.8 Å². The standard InChI is InChI=1S/C25H26ClFN2O3S/c1-2-31-22-14-17(12-20(26)23(22)32-15-16-7-6-8-18(27)11-16)13-21-24(30)29(25(33)28-21)19-9-4-3-5-10-19/h6-8,11-14,19H,2-5,9-10,15H2,1H3,(H,28,33)/b21-13-. The molecule has 5 nitrogen and oxygen atoms in total. The van der Waals surface area contributed by atoms with Crippen molar-refractivity contribution in [2.24, 2.45) is 0 Å². The van der Waals surface area contributed by atoms with Gasteiger partial charge in [0, 0.05) is 6.04 Å². The highest BCUT2D eigenvalue weighted by Gasteiger charge is 2.36. The van der Waals surface area contributed by atoms with E-state index < -0.39 is 0 Å². The fourth-order valence-corrected chi connectivity index (χ4v) is 4.86. The van der Waals surface area contributed by atoms with Gasteiger partial charge in [0.2, 0.25) is 0 Å². The van der Waals surface area contributed by atoms with Gasteiger partial charge in [-0.1, -0.05) is 43.0 Å². The molecular weight excluding hydrogens is 463 g/mol. The van der Waals surface area contributed by atoms with Crippen molar-refractivity contribution in [3.8, 4) is 11.5 Å². The number of rotatable bonds is 7. The van der Waals surface area contributed by atoms with Crippen molar-refractivity contribution in [3.05, 3.63) is 64.1 Å². The number of thiocarbonyl (C=S) groups is 1. The molecule has 2 aromatic carbocycles. The molecule has 0 radical (unpaired) electrons. The summed E-state index contributed by atoms with van der Waals surface area (Å²) in [5.74, 6) is 0.371. The molecule has 0 bridgehead atoms. The van der Waals surface area contributed by atoms with Crippen LogP contribution in [0.3, 0.4) is 0 Å². The SMILES string of the molecule is CCOc1cc(/C=C2\NC(=S)N(C3CCCCC3)C2=O)cc(Cl)c1OCc1cccc(F)c1. The van der Waals surface area contributed by atoms with Crippen LogP contribution in [0.2, 0.25) is 5.02 Å². The van der Waals surface area contributed by atoms with Crippen molar-refractivity contribution in [2.45, 2.75) is 51.7 Å². The van der Waals surface area contributed by atoms with Gasteiger partial charge in [0.1, 0.15) is 18.1 Å². The van der Waals surface area contributed by atoms with Crippen LogP contribution in [0.4, 0.5) is 4.39 Å². The Kier molecular flexibility index (Phi) is 7.50. The van der Waals surface area contributed by atoms with E-state index in [0.29, 0.717) is 45.1 Å². The number of hydrogen-bond donors (Lipinski definition) is 1. The third kappa shape index (κ3) is 5.47. The van der Waals surface area contributed by atoms with E-state index in [9.17, 15) is 9.18 Å². The van der Waals surface area contributed by atoms with Gasteiger partial charge in [0.05, 0.1) is 11.6 Å². The fraction of sp³-hybridized carbons (Fsp3) is 0.360. The smallest absolute Gasteiger partial charge is 0.276 e. The third-order valence-corrected chi connectivity index (χ3v) is 6.34. The molecule has 0 unspecified atom stereocenters. The van der Waals surface area contributed by atoms with Crippen molar-refractivity contribution >= 4 is 40.9 Å². The third-order valence-electron chi connectivity index (χ3n) is 5.76. The number of carbonyl (C=O) groups excluding carboxylic acids is 1. The van der Waals surface area contributed by atoms with Crippen LogP contribution < -0.4 is 14.8 Å². The van der Waals surface area contributed by atoms with Gasteiger partial charge < -0.3 is 14.8 Å². The van der Waals surface area contributed by atoms with Crippen molar-refractivity contribution < 1.29 is 18.7 Å². The lowest BCUT2D eigenvalue weighted by molar-refractivity contribution is -0.124.